The predicted molar refractivity (Wildman–Crippen MR) is 94.8 cm³/mol. The molecule has 0 aliphatic heterocycles. The fourth-order valence-electron chi connectivity index (χ4n) is 3.25. The van der Waals surface area contributed by atoms with Crippen molar-refractivity contribution in [1.82, 2.24) is 14.6 Å². The Labute approximate surface area is 153 Å². The van der Waals surface area contributed by atoms with Crippen molar-refractivity contribution >= 4 is 23.1 Å². The maximum atomic E-state index is 12.7. The lowest BCUT2D eigenvalue weighted by molar-refractivity contribution is -0.137. The van der Waals surface area contributed by atoms with E-state index in [2.05, 4.69) is 20.7 Å². The van der Waals surface area contributed by atoms with Crippen LogP contribution in [0.3, 0.4) is 0 Å². The molecule has 6 nitrogen and oxygen atoms in total. The fraction of sp³-hybridized carbons (Fsp3) is 0.333. The molecule has 0 amide bonds. The van der Waals surface area contributed by atoms with Gasteiger partial charge in [0.05, 0.1) is 5.56 Å². The quantitative estimate of drug-likeness (QED) is 0.595. The van der Waals surface area contributed by atoms with Crippen LogP contribution < -0.4 is 10.6 Å². The molecule has 1 saturated carbocycles. The minimum Gasteiger partial charge on any atom is -0.371 e. The van der Waals surface area contributed by atoms with Crippen LogP contribution in [0.2, 0.25) is 0 Å². The molecule has 27 heavy (non-hydrogen) atoms. The lowest BCUT2D eigenvalue weighted by Crippen LogP contribution is -2.35. The average molecular weight is 377 g/mol. The zero-order chi connectivity index (χ0) is 19.1. The molecule has 2 aromatic heterocycles. The molecular formula is C18H18F3N5O. The minimum atomic E-state index is -4.37. The zero-order valence-corrected chi connectivity index (χ0v) is 14.3. The number of rotatable bonds is 4. The topological polar surface area (TPSA) is 74.5 Å². The van der Waals surface area contributed by atoms with Gasteiger partial charge in [-0.05, 0) is 62.1 Å². The third kappa shape index (κ3) is 3.68. The lowest BCUT2D eigenvalue weighted by Gasteiger charge is -2.24. The van der Waals surface area contributed by atoms with Crippen molar-refractivity contribution < 1.29 is 18.3 Å². The van der Waals surface area contributed by atoms with E-state index < -0.39 is 17.5 Å². The largest absolute Gasteiger partial charge is 0.416 e. The zero-order valence-electron chi connectivity index (χ0n) is 14.3. The van der Waals surface area contributed by atoms with E-state index in [9.17, 15) is 18.3 Å². The SMILES string of the molecule is OC1(Nc2cccc3nc(Nc4ccc(C(F)(F)F)cc4)nn23)CCCC1. The van der Waals surface area contributed by atoms with Gasteiger partial charge in [0.25, 0.3) is 0 Å². The van der Waals surface area contributed by atoms with Crippen molar-refractivity contribution in [1.29, 1.82) is 0 Å². The van der Waals surface area contributed by atoms with Crippen molar-refractivity contribution in [2.45, 2.75) is 37.6 Å². The molecule has 0 bridgehead atoms. The van der Waals surface area contributed by atoms with Gasteiger partial charge in [-0.3, -0.25) is 0 Å². The maximum absolute atomic E-state index is 12.7. The van der Waals surface area contributed by atoms with Gasteiger partial charge in [0.15, 0.2) is 5.65 Å². The Morgan fingerprint density at radius 1 is 1.04 bits per heavy atom. The molecule has 1 aliphatic rings. The van der Waals surface area contributed by atoms with Gasteiger partial charge in [0, 0.05) is 5.69 Å². The third-order valence-corrected chi connectivity index (χ3v) is 4.62. The number of hydrogen-bond acceptors (Lipinski definition) is 5. The second-order valence-electron chi connectivity index (χ2n) is 6.68. The van der Waals surface area contributed by atoms with Crippen molar-refractivity contribution in [3.8, 4) is 0 Å². The minimum absolute atomic E-state index is 0.252. The smallest absolute Gasteiger partial charge is 0.371 e. The molecule has 1 aromatic carbocycles. The molecule has 3 aromatic rings. The van der Waals surface area contributed by atoms with E-state index in [0.717, 1.165) is 25.0 Å². The number of fused-ring (bicyclic) bond motifs is 1. The standard InChI is InChI=1S/C18H18F3N5O/c19-18(20,21)12-6-8-13(9-7-12)22-16-23-14-4-3-5-15(26(14)25-16)24-17(27)10-1-2-11-17/h3-9,24,27H,1-2,10-11H2,(H,22,25). The van der Waals surface area contributed by atoms with E-state index in [4.69, 9.17) is 0 Å². The van der Waals surface area contributed by atoms with E-state index in [1.54, 1.807) is 22.7 Å². The maximum Gasteiger partial charge on any atom is 0.416 e. The molecule has 1 aliphatic carbocycles. The molecule has 0 saturated heterocycles. The number of hydrogen-bond donors (Lipinski definition) is 3. The van der Waals surface area contributed by atoms with Crippen LogP contribution in [0.4, 0.5) is 30.6 Å². The predicted octanol–water partition coefficient (Wildman–Crippen LogP) is 4.17. The summed E-state index contributed by atoms with van der Waals surface area (Å²) in [6.07, 6.45) is -1.14. The second kappa shape index (κ2) is 6.41. The Hall–Kier alpha value is -2.81. The van der Waals surface area contributed by atoms with Gasteiger partial charge < -0.3 is 15.7 Å². The Bertz CT molecular complexity index is 946. The summed E-state index contributed by atoms with van der Waals surface area (Å²) < 4.78 is 39.5. The number of alkyl halides is 3. The molecule has 4 rings (SSSR count). The molecule has 1 fully saturated rings. The van der Waals surface area contributed by atoms with Crippen LogP contribution in [0.1, 0.15) is 31.2 Å². The first-order chi connectivity index (χ1) is 12.8. The monoisotopic (exact) mass is 377 g/mol. The molecule has 9 heteroatoms. The average Bonchev–Trinajstić information content (AvgIpc) is 3.21. The number of aliphatic hydroxyl groups is 1. The lowest BCUT2D eigenvalue weighted by atomic mass is 10.2. The van der Waals surface area contributed by atoms with Crippen LogP contribution in [0, 0.1) is 0 Å². The Morgan fingerprint density at radius 2 is 1.74 bits per heavy atom. The first-order valence-corrected chi connectivity index (χ1v) is 8.63. The summed E-state index contributed by atoms with van der Waals surface area (Å²) in [6, 6.07) is 10.0. The number of nitrogens with zero attached hydrogens (tertiary/aromatic N) is 3. The summed E-state index contributed by atoms with van der Waals surface area (Å²) >= 11 is 0. The molecular weight excluding hydrogens is 359 g/mol. The summed E-state index contributed by atoms with van der Waals surface area (Å²) in [4.78, 5) is 4.33. The highest BCUT2D eigenvalue weighted by atomic mass is 19.4. The van der Waals surface area contributed by atoms with E-state index in [1.165, 1.54) is 12.1 Å². The number of halogens is 3. The number of aromatic nitrogens is 3. The van der Waals surface area contributed by atoms with Gasteiger partial charge in [-0.15, -0.1) is 5.10 Å². The highest BCUT2D eigenvalue weighted by Crippen LogP contribution is 2.32. The van der Waals surface area contributed by atoms with Crippen LogP contribution in [0.25, 0.3) is 5.65 Å². The molecule has 0 unspecified atom stereocenters. The first kappa shape index (κ1) is 17.6. The van der Waals surface area contributed by atoms with Crippen molar-refractivity contribution in [3.63, 3.8) is 0 Å². The molecule has 142 valence electrons. The summed E-state index contributed by atoms with van der Waals surface area (Å²) in [5.41, 5.74) is -0.674. The van der Waals surface area contributed by atoms with E-state index >= 15 is 0 Å². The van der Waals surface area contributed by atoms with Crippen LogP contribution >= 0.6 is 0 Å². The fourth-order valence-corrected chi connectivity index (χ4v) is 3.25. The van der Waals surface area contributed by atoms with E-state index in [1.807, 2.05) is 0 Å². The highest BCUT2D eigenvalue weighted by molar-refractivity contribution is 5.58. The van der Waals surface area contributed by atoms with Gasteiger partial charge in [0.1, 0.15) is 11.5 Å². The van der Waals surface area contributed by atoms with Gasteiger partial charge in [-0.1, -0.05) is 6.07 Å². The summed E-state index contributed by atoms with van der Waals surface area (Å²) in [6.45, 7) is 0. The van der Waals surface area contributed by atoms with Gasteiger partial charge in [-0.2, -0.15) is 22.7 Å². The van der Waals surface area contributed by atoms with E-state index in [-0.39, 0.29) is 5.95 Å². The number of anilines is 3. The molecule has 0 atom stereocenters. The molecule has 0 radical (unpaired) electrons. The normalized spacial score (nSPS) is 16.6. The second-order valence-corrected chi connectivity index (χ2v) is 6.68. The van der Waals surface area contributed by atoms with Crippen LogP contribution in [0.15, 0.2) is 42.5 Å². The highest BCUT2D eigenvalue weighted by Gasteiger charge is 2.32. The molecule has 2 heterocycles. The van der Waals surface area contributed by atoms with Crippen molar-refractivity contribution in [2.75, 3.05) is 10.6 Å². The van der Waals surface area contributed by atoms with E-state index in [0.29, 0.717) is 30.0 Å². The van der Waals surface area contributed by atoms with Gasteiger partial charge in [0.2, 0.25) is 5.95 Å². The van der Waals surface area contributed by atoms with Gasteiger partial charge >= 0.3 is 6.18 Å². The van der Waals surface area contributed by atoms with Crippen molar-refractivity contribution in [2.24, 2.45) is 0 Å². The summed E-state index contributed by atoms with van der Waals surface area (Å²) in [5, 5.41) is 20.9. The molecule has 0 spiro atoms. The van der Waals surface area contributed by atoms with Crippen LogP contribution in [-0.4, -0.2) is 25.4 Å². The van der Waals surface area contributed by atoms with Gasteiger partial charge in [-0.25, -0.2) is 0 Å². The van der Waals surface area contributed by atoms with Crippen molar-refractivity contribution in [3.05, 3.63) is 48.0 Å². The summed E-state index contributed by atoms with van der Waals surface area (Å²) in [5.74, 6) is 0.854. The number of benzene rings is 1. The molecule has 3 N–H and O–H groups in total. The Morgan fingerprint density at radius 3 is 2.41 bits per heavy atom. The third-order valence-electron chi connectivity index (χ3n) is 4.62. The number of pyridine rings is 1. The Kier molecular flexibility index (Phi) is 4.18. The number of nitrogens with one attached hydrogen (secondary N) is 2. The Balaban J connectivity index is 1.57. The summed E-state index contributed by atoms with van der Waals surface area (Å²) in [7, 11) is 0. The van der Waals surface area contributed by atoms with Crippen LogP contribution in [-0.2, 0) is 6.18 Å². The van der Waals surface area contributed by atoms with Crippen LogP contribution in [0.5, 0.6) is 0 Å². The first-order valence-electron chi connectivity index (χ1n) is 8.63.